The lowest BCUT2D eigenvalue weighted by molar-refractivity contribution is -0.134. The van der Waals surface area contributed by atoms with E-state index in [-0.39, 0.29) is 12.1 Å². The molecule has 0 bridgehead atoms. The number of rotatable bonds is 5. The summed E-state index contributed by atoms with van der Waals surface area (Å²) in [6.07, 6.45) is 4.90. The van der Waals surface area contributed by atoms with Crippen LogP contribution in [-0.2, 0) is 4.79 Å². The predicted octanol–water partition coefficient (Wildman–Crippen LogP) is 4.71. The van der Waals surface area contributed by atoms with E-state index in [4.69, 9.17) is 9.84 Å². The van der Waals surface area contributed by atoms with Crippen molar-refractivity contribution in [3.63, 3.8) is 0 Å². The first kappa shape index (κ1) is 19.3. The molecule has 1 aliphatic heterocycles. The number of hydrogen-bond donors (Lipinski definition) is 1. The first-order chi connectivity index (χ1) is 12.5. The first-order valence-electron chi connectivity index (χ1n) is 8.63. The van der Waals surface area contributed by atoms with Crippen molar-refractivity contribution in [1.82, 2.24) is 4.90 Å². The van der Waals surface area contributed by atoms with Crippen molar-refractivity contribution in [2.75, 3.05) is 6.54 Å². The molecule has 1 aliphatic rings. The van der Waals surface area contributed by atoms with Crippen LogP contribution in [0.25, 0.3) is 12.2 Å². The van der Waals surface area contributed by atoms with Crippen LogP contribution in [0.4, 0.5) is 0 Å². The van der Waals surface area contributed by atoms with Gasteiger partial charge in [-0.1, -0.05) is 49.6 Å². The molecule has 0 spiro atoms. The zero-order valence-electron chi connectivity index (χ0n) is 15.1. The van der Waals surface area contributed by atoms with Crippen LogP contribution >= 0.6 is 0 Å². The van der Waals surface area contributed by atoms with Crippen LogP contribution < -0.4 is 4.74 Å². The summed E-state index contributed by atoms with van der Waals surface area (Å²) in [6, 6.07) is 14.6. The molecule has 2 aromatic carbocycles. The van der Waals surface area contributed by atoms with E-state index in [2.05, 4.69) is 13.2 Å². The van der Waals surface area contributed by atoms with Gasteiger partial charge in [-0.05, 0) is 48.7 Å². The van der Waals surface area contributed by atoms with E-state index in [0.717, 1.165) is 29.8 Å². The van der Waals surface area contributed by atoms with Crippen LogP contribution in [-0.4, -0.2) is 28.7 Å². The Labute approximate surface area is 155 Å². The summed E-state index contributed by atoms with van der Waals surface area (Å²) in [6.45, 7) is 9.98. The third kappa shape index (κ3) is 5.52. The minimum Gasteiger partial charge on any atom is -0.508 e. The number of carbonyl (C=O) groups is 1. The van der Waals surface area contributed by atoms with Crippen LogP contribution in [0.5, 0.6) is 11.5 Å². The molecule has 26 heavy (non-hydrogen) atoms. The molecule has 2 aromatic rings. The largest absolute Gasteiger partial charge is 0.508 e. The fourth-order valence-electron chi connectivity index (χ4n) is 2.61. The maximum Gasteiger partial charge on any atom is 0.225 e. The molecular weight excluding hydrogens is 326 g/mol. The van der Waals surface area contributed by atoms with Gasteiger partial charge in [-0.3, -0.25) is 4.79 Å². The van der Waals surface area contributed by atoms with Crippen LogP contribution in [0.2, 0.25) is 0 Å². The first-order valence-corrected chi connectivity index (χ1v) is 8.63. The third-order valence-electron chi connectivity index (χ3n) is 4.10. The number of amides is 1. The summed E-state index contributed by atoms with van der Waals surface area (Å²) in [5.74, 6) is 1.25. The molecular formula is C22H25NO3. The third-order valence-corrected chi connectivity index (χ3v) is 4.10. The topological polar surface area (TPSA) is 49.8 Å². The van der Waals surface area contributed by atoms with Crippen molar-refractivity contribution < 1.29 is 14.6 Å². The number of ether oxygens (including phenoxy) is 1. The highest BCUT2D eigenvalue weighted by molar-refractivity contribution is 5.78. The number of likely N-dealkylation sites (tertiary alicyclic amines) is 1. The Balaban J connectivity index is 0.000000228. The number of phenols is 1. The van der Waals surface area contributed by atoms with E-state index >= 15 is 0 Å². The van der Waals surface area contributed by atoms with E-state index in [0.29, 0.717) is 12.2 Å². The Morgan fingerprint density at radius 3 is 2.04 bits per heavy atom. The van der Waals surface area contributed by atoms with Gasteiger partial charge in [-0.2, -0.15) is 0 Å². The lowest BCUT2D eigenvalue weighted by Gasteiger charge is -2.24. The average molecular weight is 351 g/mol. The maximum atomic E-state index is 11.5. The zero-order valence-corrected chi connectivity index (χ0v) is 15.1. The van der Waals surface area contributed by atoms with Gasteiger partial charge in [0.15, 0.2) is 6.23 Å². The van der Waals surface area contributed by atoms with E-state index in [9.17, 15) is 4.79 Å². The lowest BCUT2D eigenvalue weighted by atomic mass is 10.2. The molecule has 0 aromatic heterocycles. The van der Waals surface area contributed by atoms with Crippen molar-refractivity contribution in [3.05, 3.63) is 72.8 Å². The van der Waals surface area contributed by atoms with Crippen molar-refractivity contribution >= 4 is 18.1 Å². The van der Waals surface area contributed by atoms with Gasteiger partial charge in [0.1, 0.15) is 11.5 Å². The molecule has 1 atom stereocenters. The molecule has 4 nitrogen and oxygen atoms in total. The molecule has 1 amide bonds. The number of phenolic OH excluding ortho intramolecular Hbond substituents is 1. The fourth-order valence-corrected chi connectivity index (χ4v) is 2.61. The monoisotopic (exact) mass is 351 g/mol. The molecule has 1 fully saturated rings. The lowest BCUT2D eigenvalue weighted by Crippen LogP contribution is -2.37. The number of aromatic hydroxyl groups is 1. The Morgan fingerprint density at radius 2 is 1.58 bits per heavy atom. The molecule has 3 rings (SSSR count). The van der Waals surface area contributed by atoms with Gasteiger partial charge in [0.05, 0.1) is 0 Å². The van der Waals surface area contributed by atoms with Crippen molar-refractivity contribution in [3.8, 4) is 11.5 Å². The van der Waals surface area contributed by atoms with Gasteiger partial charge in [0.25, 0.3) is 0 Å². The summed E-state index contributed by atoms with van der Waals surface area (Å²) in [7, 11) is 0. The fraction of sp³-hybridized carbons (Fsp3) is 0.227. The predicted molar refractivity (Wildman–Crippen MR) is 106 cm³/mol. The van der Waals surface area contributed by atoms with Crippen molar-refractivity contribution in [2.45, 2.75) is 26.0 Å². The van der Waals surface area contributed by atoms with Crippen LogP contribution in [0.1, 0.15) is 30.9 Å². The summed E-state index contributed by atoms with van der Waals surface area (Å²) < 4.78 is 5.74. The van der Waals surface area contributed by atoms with Crippen molar-refractivity contribution in [1.29, 1.82) is 0 Å². The smallest absolute Gasteiger partial charge is 0.225 e. The van der Waals surface area contributed by atoms with Gasteiger partial charge in [-0.15, -0.1) is 0 Å². The minimum absolute atomic E-state index is 0.181. The Hall–Kier alpha value is -3.01. The highest BCUT2D eigenvalue weighted by atomic mass is 16.5. The Bertz CT molecular complexity index is 735. The summed E-state index contributed by atoms with van der Waals surface area (Å²) in [5.41, 5.74) is 2.08. The van der Waals surface area contributed by atoms with Gasteiger partial charge in [0, 0.05) is 13.0 Å². The normalized spacial score (nSPS) is 14.2. The summed E-state index contributed by atoms with van der Waals surface area (Å²) >= 11 is 0. The second-order valence-corrected chi connectivity index (χ2v) is 5.98. The summed E-state index contributed by atoms with van der Waals surface area (Å²) in [5, 5.41) is 8.82. The van der Waals surface area contributed by atoms with Crippen LogP contribution in [0.15, 0.2) is 61.7 Å². The van der Waals surface area contributed by atoms with E-state index in [1.54, 1.807) is 29.2 Å². The van der Waals surface area contributed by atoms with Crippen LogP contribution in [0.3, 0.4) is 0 Å². The Kier molecular flexibility index (Phi) is 7.03. The molecule has 0 saturated carbocycles. The molecule has 4 heteroatoms. The maximum absolute atomic E-state index is 11.5. The quantitative estimate of drug-likeness (QED) is 0.848. The zero-order chi connectivity index (χ0) is 18.9. The number of benzene rings is 2. The molecule has 1 saturated heterocycles. The molecule has 1 N–H and O–H groups in total. The second kappa shape index (κ2) is 9.47. The second-order valence-electron chi connectivity index (χ2n) is 5.98. The highest BCUT2D eigenvalue weighted by Gasteiger charge is 2.25. The summed E-state index contributed by atoms with van der Waals surface area (Å²) in [4.78, 5) is 13.3. The van der Waals surface area contributed by atoms with Gasteiger partial charge >= 0.3 is 0 Å². The minimum atomic E-state index is -0.195. The van der Waals surface area contributed by atoms with E-state index < -0.39 is 0 Å². The SMILES string of the molecule is C=Cc1ccc(O)cc1.C=Cc1ccc(OC(C)N2CCCC2=O)cc1. The number of carbonyl (C=O) groups excluding carboxylic acids is 1. The molecule has 1 unspecified atom stereocenters. The average Bonchev–Trinajstić information content (AvgIpc) is 3.10. The number of hydrogen-bond acceptors (Lipinski definition) is 3. The van der Waals surface area contributed by atoms with Gasteiger partial charge in [0.2, 0.25) is 5.91 Å². The van der Waals surface area contributed by atoms with E-state index in [1.165, 1.54) is 0 Å². The standard InChI is InChI=1S/C14H17NO2.C8H8O/c1-3-12-6-8-13(9-7-12)17-11(2)15-10-4-5-14(15)16;1-2-7-3-5-8(9)6-4-7/h3,6-9,11H,1,4-5,10H2,2H3;2-6,9H,1H2. The van der Waals surface area contributed by atoms with Crippen molar-refractivity contribution in [2.24, 2.45) is 0 Å². The molecule has 1 heterocycles. The Morgan fingerprint density at radius 1 is 1.04 bits per heavy atom. The molecule has 0 radical (unpaired) electrons. The van der Waals surface area contributed by atoms with Crippen LogP contribution in [0, 0.1) is 0 Å². The van der Waals surface area contributed by atoms with Gasteiger partial charge < -0.3 is 14.7 Å². The van der Waals surface area contributed by atoms with E-state index in [1.807, 2.05) is 43.3 Å². The molecule has 136 valence electrons. The number of nitrogens with zero attached hydrogens (tertiary/aromatic N) is 1. The van der Waals surface area contributed by atoms with Gasteiger partial charge in [-0.25, -0.2) is 0 Å². The molecule has 0 aliphatic carbocycles. The highest BCUT2D eigenvalue weighted by Crippen LogP contribution is 2.19.